The van der Waals surface area contributed by atoms with Crippen molar-refractivity contribution in [3.63, 3.8) is 0 Å². The van der Waals surface area contributed by atoms with Crippen molar-refractivity contribution in [3.05, 3.63) is 35.6 Å². The monoisotopic (exact) mass is 322 g/mol. The van der Waals surface area contributed by atoms with Gasteiger partial charge in [0.25, 0.3) is 0 Å². The van der Waals surface area contributed by atoms with E-state index in [1.807, 2.05) is 4.90 Å². The summed E-state index contributed by atoms with van der Waals surface area (Å²) in [4.78, 5) is 27.7. The lowest BCUT2D eigenvalue weighted by atomic mass is 10.1. The summed E-state index contributed by atoms with van der Waals surface area (Å²) >= 11 is 0. The average molecular weight is 322 g/mol. The first-order chi connectivity index (χ1) is 11.1. The molecule has 1 fully saturated rings. The van der Waals surface area contributed by atoms with E-state index in [1.54, 1.807) is 24.0 Å². The van der Waals surface area contributed by atoms with Crippen LogP contribution in [0.4, 0.5) is 4.39 Å². The fourth-order valence-electron chi connectivity index (χ4n) is 2.70. The molecule has 0 unspecified atom stereocenters. The van der Waals surface area contributed by atoms with E-state index < -0.39 is 0 Å². The molecule has 1 amide bonds. The number of carbonyl (C=O) groups is 2. The van der Waals surface area contributed by atoms with E-state index >= 15 is 0 Å². The molecule has 0 radical (unpaired) electrons. The van der Waals surface area contributed by atoms with E-state index in [9.17, 15) is 14.0 Å². The number of nitrogens with zero attached hydrogens (tertiary/aromatic N) is 2. The molecule has 0 bridgehead atoms. The molecule has 1 saturated heterocycles. The van der Waals surface area contributed by atoms with E-state index in [4.69, 9.17) is 4.74 Å². The first-order valence-electron chi connectivity index (χ1n) is 7.98. The molecule has 0 spiro atoms. The Bertz CT molecular complexity index is 550. The van der Waals surface area contributed by atoms with Crippen LogP contribution in [-0.2, 0) is 20.7 Å². The maximum absolute atomic E-state index is 13.2. The molecule has 1 heterocycles. The highest BCUT2D eigenvalue weighted by atomic mass is 19.1. The average Bonchev–Trinajstić information content (AvgIpc) is 2.73. The number of amides is 1. The number of ether oxygens (including phenoxy) is 1. The number of esters is 1. The highest BCUT2D eigenvalue weighted by Gasteiger charge is 2.20. The molecule has 23 heavy (non-hydrogen) atoms. The standard InChI is InChI=1S/C17H23FN2O3/c1-2-23-17(22)13-19-7-4-8-20(10-9-19)16(21)12-14-5-3-6-15(18)11-14/h3,5-6,11H,2,4,7-10,12-13H2,1H3. The van der Waals surface area contributed by atoms with E-state index in [0.717, 1.165) is 13.0 Å². The van der Waals surface area contributed by atoms with Crippen molar-refractivity contribution in [3.8, 4) is 0 Å². The normalized spacial score (nSPS) is 16.0. The largest absolute Gasteiger partial charge is 0.465 e. The molecule has 1 aliphatic heterocycles. The van der Waals surface area contributed by atoms with Crippen LogP contribution in [0.2, 0.25) is 0 Å². The highest BCUT2D eigenvalue weighted by molar-refractivity contribution is 5.78. The van der Waals surface area contributed by atoms with Gasteiger partial charge in [0.15, 0.2) is 0 Å². The maximum atomic E-state index is 13.2. The van der Waals surface area contributed by atoms with Crippen LogP contribution in [0, 0.1) is 5.82 Å². The Labute approximate surface area is 136 Å². The predicted molar refractivity (Wildman–Crippen MR) is 84.4 cm³/mol. The van der Waals surface area contributed by atoms with Crippen LogP contribution in [0.25, 0.3) is 0 Å². The Kier molecular flexibility index (Phi) is 6.52. The van der Waals surface area contributed by atoms with Gasteiger partial charge < -0.3 is 9.64 Å². The number of carbonyl (C=O) groups excluding carboxylic acids is 2. The molecule has 0 atom stereocenters. The van der Waals surface area contributed by atoms with Gasteiger partial charge in [0.2, 0.25) is 5.91 Å². The lowest BCUT2D eigenvalue weighted by molar-refractivity contribution is -0.144. The molecule has 126 valence electrons. The summed E-state index contributed by atoms with van der Waals surface area (Å²) in [5, 5.41) is 0. The van der Waals surface area contributed by atoms with Gasteiger partial charge in [0, 0.05) is 26.2 Å². The van der Waals surface area contributed by atoms with Crippen LogP contribution in [0.5, 0.6) is 0 Å². The molecule has 0 aliphatic carbocycles. The Hall–Kier alpha value is -1.95. The van der Waals surface area contributed by atoms with Crippen LogP contribution >= 0.6 is 0 Å². The van der Waals surface area contributed by atoms with Crippen LogP contribution < -0.4 is 0 Å². The minimum Gasteiger partial charge on any atom is -0.465 e. The highest BCUT2D eigenvalue weighted by Crippen LogP contribution is 2.09. The number of halogens is 1. The third-order valence-corrected chi connectivity index (χ3v) is 3.84. The molecular formula is C17H23FN2O3. The maximum Gasteiger partial charge on any atom is 0.320 e. The summed E-state index contributed by atoms with van der Waals surface area (Å²) < 4.78 is 18.1. The molecule has 5 nitrogen and oxygen atoms in total. The van der Waals surface area contributed by atoms with Crippen molar-refractivity contribution in [2.24, 2.45) is 0 Å². The minimum atomic E-state index is -0.327. The Morgan fingerprint density at radius 3 is 2.78 bits per heavy atom. The Balaban J connectivity index is 1.84. The molecule has 1 aliphatic rings. The number of hydrogen-bond donors (Lipinski definition) is 0. The lowest BCUT2D eigenvalue weighted by Crippen LogP contribution is -2.37. The fraction of sp³-hybridized carbons (Fsp3) is 0.529. The number of hydrogen-bond acceptors (Lipinski definition) is 4. The van der Waals surface area contributed by atoms with E-state index in [2.05, 4.69) is 0 Å². The van der Waals surface area contributed by atoms with Crippen molar-refractivity contribution in [2.45, 2.75) is 19.8 Å². The molecule has 6 heteroatoms. The second-order valence-electron chi connectivity index (χ2n) is 5.62. The van der Waals surface area contributed by atoms with Gasteiger partial charge in [-0.05, 0) is 31.0 Å². The summed E-state index contributed by atoms with van der Waals surface area (Å²) in [6.07, 6.45) is 1.02. The summed E-state index contributed by atoms with van der Waals surface area (Å²) in [5.41, 5.74) is 0.683. The van der Waals surface area contributed by atoms with E-state index in [-0.39, 0.29) is 30.7 Å². The van der Waals surface area contributed by atoms with E-state index in [0.29, 0.717) is 31.8 Å². The molecular weight excluding hydrogens is 299 g/mol. The van der Waals surface area contributed by atoms with Crippen molar-refractivity contribution < 1.29 is 18.7 Å². The van der Waals surface area contributed by atoms with Gasteiger partial charge >= 0.3 is 5.97 Å². The van der Waals surface area contributed by atoms with E-state index in [1.165, 1.54) is 12.1 Å². The van der Waals surface area contributed by atoms with Crippen molar-refractivity contribution in [1.29, 1.82) is 0 Å². The van der Waals surface area contributed by atoms with Gasteiger partial charge in [-0.3, -0.25) is 14.5 Å². The summed E-state index contributed by atoms with van der Waals surface area (Å²) in [6, 6.07) is 6.13. The van der Waals surface area contributed by atoms with Crippen LogP contribution in [0.3, 0.4) is 0 Å². The molecule has 0 saturated carbocycles. The first kappa shape index (κ1) is 17.4. The minimum absolute atomic E-state index is 0.00594. The topological polar surface area (TPSA) is 49.9 Å². The number of benzene rings is 1. The Morgan fingerprint density at radius 1 is 1.22 bits per heavy atom. The predicted octanol–water partition coefficient (Wildman–Crippen LogP) is 1.47. The number of rotatable bonds is 5. The first-order valence-corrected chi connectivity index (χ1v) is 7.98. The quantitative estimate of drug-likeness (QED) is 0.770. The second-order valence-corrected chi connectivity index (χ2v) is 5.62. The van der Waals surface area contributed by atoms with Crippen LogP contribution in [-0.4, -0.2) is 61.0 Å². The fourth-order valence-corrected chi connectivity index (χ4v) is 2.70. The van der Waals surface area contributed by atoms with Crippen molar-refractivity contribution in [1.82, 2.24) is 9.80 Å². The Morgan fingerprint density at radius 2 is 2.04 bits per heavy atom. The molecule has 0 aromatic heterocycles. The van der Waals surface area contributed by atoms with Crippen molar-refractivity contribution >= 4 is 11.9 Å². The molecule has 0 N–H and O–H groups in total. The van der Waals surface area contributed by atoms with Gasteiger partial charge in [-0.25, -0.2) is 4.39 Å². The summed E-state index contributed by atoms with van der Waals surface area (Å²) in [7, 11) is 0. The zero-order valence-electron chi connectivity index (χ0n) is 13.5. The van der Waals surface area contributed by atoms with Gasteiger partial charge in [-0.1, -0.05) is 12.1 Å². The van der Waals surface area contributed by atoms with Gasteiger partial charge in [-0.15, -0.1) is 0 Å². The van der Waals surface area contributed by atoms with Crippen LogP contribution in [0.15, 0.2) is 24.3 Å². The van der Waals surface area contributed by atoms with Gasteiger partial charge in [0.05, 0.1) is 19.6 Å². The SMILES string of the molecule is CCOC(=O)CN1CCCN(C(=O)Cc2cccc(F)c2)CC1. The third kappa shape index (κ3) is 5.63. The van der Waals surface area contributed by atoms with Gasteiger partial charge in [-0.2, -0.15) is 0 Å². The molecule has 2 rings (SSSR count). The smallest absolute Gasteiger partial charge is 0.320 e. The van der Waals surface area contributed by atoms with Crippen LogP contribution in [0.1, 0.15) is 18.9 Å². The summed E-state index contributed by atoms with van der Waals surface area (Å²) in [6.45, 7) is 5.08. The zero-order chi connectivity index (χ0) is 16.7. The third-order valence-electron chi connectivity index (χ3n) is 3.84. The van der Waals surface area contributed by atoms with Gasteiger partial charge in [0.1, 0.15) is 5.82 Å². The lowest BCUT2D eigenvalue weighted by Gasteiger charge is -2.21. The summed E-state index contributed by atoms with van der Waals surface area (Å²) in [5.74, 6) is -0.563. The second kappa shape index (κ2) is 8.62. The molecule has 1 aromatic rings. The molecule has 1 aromatic carbocycles. The zero-order valence-corrected chi connectivity index (χ0v) is 13.5. The van der Waals surface area contributed by atoms with Crippen molar-refractivity contribution in [2.75, 3.05) is 39.3 Å².